The summed E-state index contributed by atoms with van der Waals surface area (Å²) in [7, 11) is 0. The predicted octanol–water partition coefficient (Wildman–Crippen LogP) is 2.82. The summed E-state index contributed by atoms with van der Waals surface area (Å²) in [5.41, 5.74) is 2.15. The zero-order chi connectivity index (χ0) is 14.3. The van der Waals surface area contributed by atoms with Crippen molar-refractivity contribution in [1.29, 1.82) is 0 Å². The minimum atomic E-state index is -0.255. The molecule has 1 atom stereocenters. The van der Waals surface area contributed by atoms with Gasteiger partial charge in [-0.25, -0.2) is 0 Å². The Morgan fingerprint density at radius 3 is 2.63 bits per heavy atom. The third-order valence-corrected chi connectivity index (χ3v) is 3.39. The van der Waals surface area contributed by atoms with Gasteiger partial charge in [0.2, 0.25) is 0 Å². The van der Waals surface area contributed by atoms with Gasteiger partial charge in [-0.1, -0.05) is 24.6 Å². The standard InChI is InChI=1S/C16H27NO2/c1-5-9-17-16(4,12-18)8-10-19-15-7-6-13(2)11-14(15)3/h6-7,11,17-18H,5,8-10,12H2,1-4H3. The fourth-order valence-electron chi connectivity index (χ4n) is 2.00. The molecule has 0 spiro atoms. The molecule has 1 unspecified atom stereocenters. The molecule has 0 bridgehead atoms. The van der Waals surface area contributed by atoms with Gasteiger partial charge in [0.25, 0.3) is 0 Å². The quantitative estimate of drug-likeness (QED) is 0.759. The van der Waals surface area contributed by atoms with Crippen LogP contribution < -0.4 is 10.1 Å². The van der Waals surface area contributed by atoms with Crippen molar-refractivity contribution >= 4 is 0 Å². The average Bonchev–Trinajstić information content (AvgIpc) is 2.39. The number of hydrogen-bond donors (Lipinski definition) is 2. The van der Waals surface area contributed by atoms with E-state index in [9.17, 15) is 5.11 Å². The zero-order valence-electron chi connectivity index (χ0n) is 12.6. The number of hydrogen-bond acceptors (Lipinski definition) is 3. The maximum atomic E-state index is 9.48. The summed E-state index contributed by atoms with van der Waals surface area (Å²) in [6.07, 6.45) is 1.85. The summed E-state index contributed by atoms with van der Waals surface area (Å²) in [4.78, 5) is 0. The maximum absolute atomic E-state index is 9.48. The molecular formula is C16H27NO2. The number of rotatable bonds is 8. The van der Waals surface area contributed by atoms with Gasteiger partial charge in [0, 0.05) is 12.0 Å². The predicted molar refractivity (Wildman–Crippen MR) is 79.8 cm³/mol. The molecule has 1 aromatic rings. The number of aliphatic hydroxyl groups is 1. The van der Waals surface area contributed by atoms with Crippen LogP contribution in [0.5, 0.6) is 5.75 Å². The smallest absolute Gasteiger partial charge is 0.122 e. The maximum Gasteiger partial charge on any atom is 0.122 e. The second kappa shape index (κ2) is 7.51. The lowest BCUT2D eigenvalue weighted by Gasteiger charge is -2.28. The van der Waals surface area contributed by atoms with Crippen LogP contribution in [0.25, 0.3) is 0 Å². The minimum Gasteiger partial charge on any atom is -0.493 e. The summed E-state index contributed by atoms with van der Waals surface area (Å²) < 4.78 is 5.82. The molecule has 0 heterocycles. The number of ether oxygens (including phenoxy) is 1. The van der Waals surface area contributed by atoms with Crippen LogP contribution in [0, 0.1) is 13.8 Å². The van der Waals surface area contributed by atoms with Crippen molar-refractivity contribution in [2.45, 2.75) is 46.1 Å². The van der Waals surface area contributed by atoms with Crippen molar-refractivity contribution in [1.82, 2.24) is 5.32 Å². The SMILES string of the molecule is CCCNC(C)(CO)CCOc1ccc(C)cc1C. The van der Waals surface area contributed by atoms with Crippen LogP contribution in [-0.2, 0) is 0 Å². The van der Waals surface area contributed by atoms with Gasteiger partial charge in [0.1, 0.15) is 5.75 Å². The number of aryl methyl sites for hydroxylation is 2. The van der Waals surface area contributed by atoms with E-state index in [4.69, 9.17) is 4.74 Å². The first-order chi connectivity index (χ1) is 9.00. The lowest BCUT2D eigenvalue weighted by molar-refractivity contribution is 0.144. The molecule has 1 aromatic carbocycles. The molecule has 3 nitrogen and oxygen atoms in total. The van der Waals surface area contributed by atoms with E-state index >= 15 is 0 Å². The Morgan fingerprint density at radius 2 is 2.05 bits per heavy atom. The molecule has 0 aromatic heterocycles. The molecule has 0 radical (unpaired) electrons. The van der Waals surface area contributed by atoms with E-state index in [1.807, 2.05) is 13.0 Å². The van der Waals surface area contributed by atoms with Gasteiger partial charge >= 0.3 is 0 Å². The van der Waals surface area contributed by atoms with Crippen molar-refractivity contribution in [2.24, 2.45) is 0 Å². The fourth-order valence-corrected chi connectivity index (χ4v) is 2.00. The lowest BCUT2D eigenvalue weighted by atomic mass is 9.99. The van der Waals surface area contributed by atoms with E-state index in [1.54, 1.807) is 0 Å². The summed E-state index contributed by atoms with van der Waals surface area (Å²) in [5.74, 6) is 0.932. The Morgan fingerprint density at radius 1 is 1.32 bits per heavy atom. The zero-order valence-corrected chi connectivity index (χ0v) is 12.6. The van der Waals surface area contributed by atoms with Crippen molar-refractivity contribution in [3.63, 3.8) is 0 Å². The molecule has 0 aliphatic heterocycles. The topological polar surface area (TPSA) is 41.5 Å². The van der Waals surface area contributed by atoms with Gasteiger partial charge in [-0.05, 0) is 45.4 Å². The average molecular weight is 265 g/mol. The van der Waals surface area contributed by atoms with E-state index < -0.39 is 0 Å². The first kappa shape index (κ1) is 16.0. The Kier molecular flexibility index (Phi) is 6.32. The van der Waals surface area contributed by atoms with E-state index in [1.165, 1.54) is 5.56 Å². The third kappa shape index (κ3) is 5.21. The number of aliphatic hydroxyl groups excluding tert-OH is 1. The molecule has 0 saturated carbocycles. The molecule has 2 N–H and O–H groups in total. The van der Waals surface area contributed by atoms with Crippen molar-refractivity contribution in [3.05, 3.63) is 29.3 Å². The monoisotopic (exact) mass is 265 g/mol. The number of benzene rings is 1. The van der Waals surface area contributed by atoms with E-state index in [-0.39, 0.29) is 12.1 Å². The van der Waals surface area contributed by atoms with Gasteiger partial charge in [-0.15, -0.1) is 0 Å². The molecular weight excluding hydrogens is 238 g/mol. The Hall–Kier alpha value is -1.06. The first-order valence-corrected chi connectivity index (χ1v) is 7.06. The van der Waals surface area contributed by atoms with Crippen molar-refractivity contribution < 1.29 is 9.84 Å². The van der Waals surface area contributed by atoms with Crippen LogP contribution in [0.15, 0.2) is 18.2 Å². The summed E-state index contributed by atoms with van der Waals surface area (Å²) >= 11 is 0. The third-order valence-electron chi connectivity index (χ3n) is 3.39. The summed E-state index contributed by atoms with van der Waals surface area (Å²) in [5, 5.41) is 12.9. The normalized spacial score (nSPS) is 14.2. The molecule has 19 heavy (non-hydrogen) atoms. The molecule has 1 rings (SSSR count). The first-order valence-electron chi connectivity index (χ1n) is 7.06. The Labute approximate surface area is 117 Å². The van der Waals surface area contributed by atoms with Crippen LogP contribution in [0.3, 0.4) is 0 Å². The molecule has 0 aliphatic rings. The molecule has 3 heteroatoms. The molecule has 0 saturated heterocycles. The van der Waals surface area contributed by atoms with Crippen LogP contribution in [-0.4, -0.2) is 30.4 Å². The van der Waals surface area contributed by atoms with Gasteiger partial charge in [-0.3, -0.25) is 0 Å². The van der Waals surface area contributed by atoms with Crippen LogP contribution in [0.2, 0.25) is 0 Å². The highest BCUT2D eigenvalue weighted by Crippen LogP contribution is 2.20. The van der Waals surface area contributed by atoms with Crippen molar-refractivity contribution in [3.8, 4) is 5.75 Å². The molecule has 0 amide bonds. The van der Waals surface area contributed by atoms with Crippen LogP contribution >= 0.6 is 0 Å². The van der Waals surface area contributed by atoms with E-state index in [2.05, 4.69) is 38.2 Å². The lowest BCUT2D eigenvalue weighted by Crippen LogP contribution is -2.47. The van der Waals surface area contributed by atoms with Gasteiger partial charge < -0.3 is 15.2 Å². The van der Waals surface area contributed by atoms with Crippen molar-refractivity contribution in [2.75, 3.05) is 19.8 Å². The number of nitrogens with one attached hydrogen (secondary N) is 1. The van der Waals surface area contributed by atoms with E-state index in [0.29, 0.717) is 6.61 Å². The Balaban J connectivity index is 2.47. The van der Waals surface area contributed by atoms with Gasteiger partial charge in [0.05, 0.1) is 13.2 Å². The fraction of sp³-hybridized carbons (Fsp3) is 0.625. The molecule has 108 valence electrons. The second-order valence-electron chi connectivity index (χ2n) is 5.51. The van der Waals surface area contributed by atoms with Gasteiger partial charge in [-0.2, -0.15) is 0 Å². The Bertz CT molecular complexity index is 392. The highest BCUT2D eigenvalue weighted by Gasteiger charge is 2.22. The van der Waals surface area contributed by atoms with Crippen LogP contribution in [0.1, 0.15) is 37.8 Å². The second-order valence-corrected chi connectivity index (χ2v) is 5.51. The minimum absolute atomic E-state index is 0.128. The van der Waals surface area contributed by atoms with Crippen LogP contribution in [0.4, 0.5) is 0 Å². The summed E-state index contributed by atoms with van der Waals surface area (Å²) in [6.45, 7) is 9.95. The van der Waals surface area contributed by atoms with E-state index in [0.717, 1.165) is 30.7 Å². The highest BCUT2D eigenvalue weighted by molar-refractivity contribution is 5.35. The molecule has 0 fully saturated rings. The van der Waals surface area contributed by atoms with Gasteiger partial charge in [0.15, 0.2) is 0 Å². The largest absolute Gasteiger partial charge is 0.493 e. The molecule has 0 aliphatic carbocycles. The summed E-state index contributed by atoms with van der Waals surface area (Å²) in [6, 6.07) is 6.19. The highest BCUT2D eigenvalue weighted by atomic mass is 16.5.